The summed E-state index contributed by atoms with van der Waals surface area (Å²) in [7, 11) is 0. The van der Waals surface area contributed by atoms with Gasteiger partial charge in [-0.15, -0.1) is 0 Å². The Balaban J connectivity index is 1.82. The van der Waals surface area contributed by atoms with Crippen molar-refractivity contribution >= 4 is 16.6 Å². The number of aliphatic hydroxyl groups is 1. The van der Waals surface area contributed by atoms with Crippen molar-refractivity contribution in [3.05, 3.63) is 72.4 Å². The van der Waals surface area contributed by atoms with Gasteiger partial charge in [-0.2, -0.15) is 0 Å². The minimum atomic E-state index is -0.0503. The minimum Gasteiger partial charge on any atom is -0.394 e. The van der Waals surface area contributed by atoms with Crippen molar-refractivity contribution in [2.24, 2.45) is 0 Å². The lowest BCUT2D eigenvalue weighted by Crippen LogP contribution is -2.26. The van der Waals surface area contributed by atoms with E-state index in [4.69, 9.17) is 0 Å². The van der Waals surface area contributed by atoms with Crippen LogP contribution in [0.1, 0.15) is 5.56 Å². The molecule has 0 amide bonds. The molecule has 0 aliphatic rings. The molecule has 21 heavy (non-hydrogen) atoms. The number of nitrogens with zero attached hydrogens (tertiary/aromatic N) is 1. The van der Waals surface area contributed by atoms with Crippen molar-refractivity contribution in [2.75, 3.05) is 11.9 Å². The van der Waals surface area contributed by atoms with Crippen molar-refractivity contribution in [3.63, 3.8) is 0 Å². The molecule has 0 radical (unpaired) electrons. The smallest absolute Gasteiger partial charge is 0.134 e. The van der Waals surface area contributed by atoms with Gasteiger partial charge >= 0.3 is 0 Å². The van der Waals surface area contributed by atoms with Gasteiger partial charge < -0.3 is 10.4 Å². The number of pyridine rings is 1. The van der Waals surface area contributed by atoms with E-state index < -0.39 is 0 Å². The van der Waals surface area contributed by atoms with Gasteiger partial charge in [0.1, 0.15) is 5.82 Å². The van der Waals surface area contributed by atoms with E-state index >= 15 is 0 Å². The molecule has 106 valence electrons. The first kappa shape index (κ1) is 13.6. The second-order valence-corrected chi connectivity index (χ2v) is 5.09. The number of nitrogens with one attached hydrogen (secondary N) is 1. The molecule has 3 nitrogen and oxygen atoms in total. The fourth-order valence-electron chi connectivity index (χ4n) is 2.49. The highest BCUT2D eigenvalue weighted by Crippen LogP contribution is 2.21. The molecule has 0 saturated heterocycles. The molecule has 3 aromatic rings. The topological polar surface area (TPSA) is 45.1 Å². The van der Waals surface area contributed by atoms with Crippen molar-refractivity contribution < 1.29 is 5.11 Å². The first-order valence-electron chi connectivity index (χ1n) is 7.12. The lowest BCUT2D eigenvalue weighted by atomic mass is 10.1. The summed E-state index contributed by atoms with van der Waals surface area (Å²) in [5.74, 6) is 0.822. The maximum Gasteiger partial charge on any atom is 0.134 e. The van der Waals surface area contributed by atoms with Gasteiger partial charge in [0.05, 0.1) is 12.6 Å². The van der Waals surface area contributed by atoms with E-state index in [2.05, 4.69) is 28.5 Å². The van der Waals surface area contributed by atoms with E-state index in [0.717, 1.165) is 23.0 Å². The maximum atomic E-state index is 9.63. The predicted molar refractivity (Wildman–Crippen MR) is 86.4 cm³/mol. The predicted octanol–water partition coefficient (Wildman–Crippen LogP) is 3.25. The standard InChI is InChI=1S/C18H18N2O/c21-13-16(12-14-6-2-1-3-7-14)20-18-17-9-5-4-8-15(17)10-11-19-18/h1-11,16,21H,12-13H2,(H,19,20). The van der Waals surface area contributed by atoms with Crippen LogP contribution in [0.2, 0.25) is 0 Å². The third-order valence-corrected chi connectivity index (χ3v) is 3.56. The second-order valence-electron chi connectivity index (χ2n) is 5.09. The summed E-state index contributed by atoms with van der Waals surface area (Å²) in [4.78, 5) is 4.41. The summed E-state index contributed by atoms with van der Waals surface area (Å²) < 4.78 is 0. The molecule has 0 fully saturated rings. The Hall–Kier alpha value is -2.39. The summed E-state index contributed by atoms with van der Waals surface area (Å²) in [5, 5.41) is 15.2. The quantitative estimate of drug-likeness (QED) is 0.753. The fourth-order valence-corrected chi connectivity index (χ4v) is 2.49. The van der Waals surface area contributed by atoms with Crippen LogP contribution in [0.15, 0.2) is 66.9 Å². The van der Waals surface area contributed by atoms with Crippen LogP contribution in [0, 0.1) is 0 Å². The van der Waals surface area contributed by atoms with Crippen molar-refractivity contribution in [3.8, 4) is 0 Å². The number of anilines is 1. The minimum absolute atomic E-state index is 0.0503. The molecule has 0 saturated carbocycles. The highest BCUT2D eigenvalue weighted by atomic mass is 16.3. The Kier molecular flexibility index (Phi) is 4.12. The molecule has 1 aromatic heterocycles. The number of hydrogen-bond acceptors (Lipinski definition) is 3. The molecule has 1 unspecified atom stereocenters. The van der Waals surface area contributed by atoms with Crippen LogP contribution in [0.25, 0.3) is 10.8 Å². The second kappa shape index (κ2) is 6.37. The van der Waals surface area contributed by atoms with Gasteiger partial charge in [-0.05, 0) is 23.4 Å². The number of rotatable bonds is 5. The van der Waals surface area contributed by atoms with Gasteiger partial charge in [-0.3, -0.25) is 0 Å². The summed E-state index contributed by atoms with van der Waals surface area (Å²) in [5.41, 5.74) is 1.20. The van der Waals surface area contributed by atoms with Crippen LogP contribution in [-0.4, -0.2) is 22.7 Å². The van der Waals surface area contributed by atoms with Gasteiger partial charge in [-0.1, -0.05) is 54.6 Å². The van der Waals surface area contributed by atoms with E-state index in [9.17, 15) is 5.11 Å². The Morgan fingerprint density at radius 1 is 0.952 bits per heavy atom. The molecule has 1 heterocycles. The number of fused-ring (bicyclic) bond motifs is 1. The number of hydrogen-bond donors (Lipinski definition) is 2. The third-order valence-electron chi connectivity index (χ3n) is 3.56. The largest absolute Gasteiger partial charge is 0.394 e. The van der Waals surface area contributed by atoms with Gasteiger partial charge in [0.25, 0.3) is 0 Å². The normalized spacial score (nSPS) is 12.2. The van der Waals surface area contributed by atoms with Crippen molar-refractivity contribution in [2.45, 2.75) is 12.5 Å². The lowest BCUT2D eigenvalue weighted by molar-refractivity contribution is 0.273. The molecule has 2 N–H and O–H groups in total. The molecular weight excluding hydrogens is 260 g/mol. The van der Waals surface area contributed by atoms with E-state index in [-0.39, 0.29) is 12.6 Å². The molecule has 3 rings (SSSR count). The first-order chi connectivity index (χ1) is 10.4. The molecule has 3 heteroatoms. The molecule has 0 aliphatic carbocycles. The average molecular weight is 278 g/mol. The highest BCUT2D eigenvalue weighted by Gasteiger charge is 2.10. The third kappa shape index (κ3) is 3.20. The Morgan fingerprint density at radius 2 is 1.71 bits per heavy atom. The fraction of sp³-hybridized carbons (Fsp3) is 0.167. The summed E-state index contributed by atoms with van der Waals surface area (Å²) >= 11 is 0. The number of aliphatic hydroxyl groups excluding tert-OH is 1. The Bertz CT molecular complexity index is 707. The lowest BCUT2D eigenvalue weighted by Gasteiger charge is -2.18. The number of benzene rings is 2. The summed E-state index contributed by atoms with van der Waals surface area (Å²) in [6.07, 6.45) is 2.56. The highest BCUT2D eigenvalue weighted by molar-refractivity contribution is 5.91. The van der Waals surface area contributed by atoms with E-state index in [0.29, 0.717) is 0 Å². The average Bonchev–Trinajstić information content (AvgIpc) is 2.55. The van der Waals surface area contributed by atoms with Gasteiger partial charge in [0.2, 0.25) is 0 Å². The van der Waals surface area contributed by atoms with Gasteiger partial charge in [0, 0.05) is 11.6 Å². The zero-order chi connectivity index (χ0) is 14.5. The zero-order valence-electron chi connectivity index (χ0n) is 11.7. The summed E-state index contributed by atoms with van der Waals surface area (Å²) in [6, 6.07) is 20.2. The Morgan fingerprint density at radius 3 is 2.52 bits per heavy atom. The van der Waals surface area contributed by atoms with E-state index in [1.807, 2.05) is 42.5 Å². The molecule has 0 bridgehead atoms. The molecule has 2 aromatic carbocycles. The van der Waals surface area contributed by atoms with Crippen LogP contribution >= 0.6 is 0 Å². The molecule has 0 aliphatic heterocycles. The zero-order valence-corrected chi connectivity index (χ0v) is 11.7. The molecule has 1 atom stereocenters. The van der Waals surface area contributed by atoms with E-state index in [1.54, 1.807) is 6.20 Å². The van der Waals surface area contributed by atoms with Crippen LogP contribution in [0.5, 0.6) is 0 Å². The first-order valence-corrected chi connectivity index (χ1v) is 7.12. The number of aromatic nitrogens is 1. The summed E-state index contributed by atoms with van der Waals surface area (Å²) in [6.45, 7) is 0.0692. The van der Waals surface area contributed by atoms with Crippen molar-refractivity contribution in [1.29, 1.82) is 0 Å². The maximum absolute atomic E-state index is 9.63. The van der Waals surface area contributed by atoms with Crippen LogP contribution < -0.4 is 5.32 Å². The van der Waals surface area contributed by atoms with Crippen LogP contribution in [-0.2, 0) is 6.42 Å². The van der Waals surface area contributed by atoms with Crippen LogP contribution in [0.4, 0.5) is 5.82 Å². The van der Waals surface area contributed by atoms with Gasteiger partial charge in [-0.25, -0.2) is 4.98 Å². The SMILES string of the molecule is OCC(Cc1ccccc1)Nc1nccc2ccccc12. The van der Waals surface area contributed by atoms with Crippen molar-refractivity contribution in [1.82, 2.24) is 4.98 Å². The monoisotopic (exact) mass is 278 g/mol. The van der Waals surface area contributed by atoms with Gasteiger partial charge in [0.15, 0.2) is 0 Å². The molecule has 0 spiro atoms. The molecular formula is C18H18N2O. The Labute approximate surface area is 124 Å². The van der Waals surface area contributed by atoms with E-state index in [1.165, 1.54) is 5.56 Å². The van der Waals surface area contributed by atoms with Crippen LogP contribution in [0.3, 0.4) is 0 Å².